The van der Waals surface area contributed by atoms with Crippen LogP contribution >= 0.6 is 0 Å². The number of aromatic nitrogens is 3. The molecule has 0 spiro atoms. The number of benzene rings is 1. The number of aromatic amines is 2. The van der Waals surface area contributed by atoms with E-state index in [2.05, 4.69) is 9.97 Å². The zero-order valence-electron chi connectivity index (χ0n) is 11.8. The summed E-state index contributed by atoms with van der Waals surface area (Å²) in [5.41, 5.74) is 4.97. The van der Waals surface area contributed by atoms with E-state index in [-0.39, 0.29) is 17.7 Å². The summed E-state index contributed by atoms with van der Waals surface area (Å²) in [7, 11) is 0. The molecule has 0 aliphatic heterocycles. The number of hydrogen-bond acceptors (Lipinski definition) is 5. The van der Waals surface area contributed by atoms with Gasteiger partial charge in [0.05, 0.1) is 22.2 Å². The molecule has 2 heterocycles. The Kier molecular flexibility index (Phi) is 3.37. The summed E-state index contributed by atoms with van der Waals surface area (Å²) in [5, 5.41) is 11.1. The molecule has 0 amide bonds. The Labute approximate surface area is 128 Å². The summed E-state index contributed by atoms with van der Waals surface area (Å²) >= 11 is 0. The highest BCUT2D eigenvalue weighted by Gasteiger charge is 2.16. The molecule has 0 radical (unpaired) electrons. The van der Waals surface area contributed by atoms with Gasteiger partial charge in [-0.25, -0.2) is 4.57 Å². The van der Waals surface area contributed by atoms with Crippen LogP contribution in [0.5, 0.6) is 0 Å². The summed E-state index contributed by atoms with van der Waals surface area (Å²) in [6, 6.07) is 7.76. The van der Waals surface area contributed by atoms with Crippen molar-refractivity contribution in [3.8, 4) is 0 Å². The average molecular weight is 314 g/mol. The van der Waals surface area contributed by atoms with Crippen molar-refractivity contribution in [2.45, 2.75) is 6.54 Å². The van der Waals surface area contributed by atoms with Crippen LogP contribution in [0.3, 0.4) is 0 Å². The van der Waals surface area contributed by atoms with Crippen LogP contribution in [0.1, 0.15) is 5.56 Å². The molecule has 0 saturated carbocycles. The molecular weight excluding hydrogens is 302 g/mol. The minimum Gasteiger partial charge on any atom is -0.316 e. The van der Waals surface area contributed by atoms with Crippen molar-refractivity contribution < 1.29 is 9.49 Å². The third kappa shape index (κ3) is 2.67. The molecule has 0 unspecified atom stereocenters. The van der Waals surface area contributed by atoms with Gasteiger partial charge < -0.3 is 9.97 Å². The molecule has 3 aromatic rings. The van der Waals surface area contributed by atoms with Crippen LogP contribution in [0.2, 0.25) is 0 Å². The van der Waals surface area contributed by atoms with Crippen molar-refractivity contribution in [1.82, 2.24) is 9.97 Å². The molecule has 0 atom stereocenters. The number of rotatable bonds is 3. The summed E-state index contributed by atoms with van der Waals surface area (Å²) in [4.78, 5) is 38.3. The van der Waals surface area contributed by atoms with E-state index in [9.17, 15) is 19.7 Å². The average Bonchev–Trinajstić information content (AvgIpc) is 2.51. The van der Waals surface area contributed by atoms with Gasteiger partial charge in [-0.1, -0.05) is 6.07 Å². The summed E-state index contributed by atoms with van der Waals surface area (Å²) in [6.07, 6.45) is 1.71. The zero-order chi connectivity index (χ0) is 16.6. The van der Waals surface area contributed by atoms with Crippen LogP contribution in [0.25, 0.3) is 11.0 Å². The molecule has 2 aromatic heterocycles. The standard InChI is InChI=1S/C14H11N5O4/c15-11-3-1-2-4-18(11)7-8-5-9(19(22)23)6-10-12(8)17-14(21)13(20)16-10/h1-6,15H,7H2,(H2,16,17,20,21)/p+1. The molecule has 0 fully saturated rings. The van der Waals surface area contributed by atoms with Crippen molar-refractivity contribution in [3.05, 3.63) is 72.9 Å². The Morgan fingerprint density at radius 2 is 1.91 bits per heavy atom. The number of nitrogen functional groups attached to an aromatic ring is 1. The molecular formula is C14H12N5O4+. The minimum atomic E-state index is -0.865. The van der Waals surface area contributed by atoms with E-state index in [1.807, 2.05) is 0 Å². The number of non-ortho nitro benzene ring substituents is 1. The van der Waals surface area contributed by atoms with Gasteiger partial charge >= 0.3 is 11.1 Å². The molecule has 23 heavy (non-hydrogen) atoms. The molecule has 0 aliphatic rings. The van der Waals surface area contributed by atoms with Gasteiger partial charge in [0.2, 0.25) is 0 Å². The maximum atomic E-state index is 11.6. The molecule has 0 bridgehead atoms. The molecule has 3 rings (SSSR count). The maximum absolute atomic E-state index is 11.6. The van der Waals surface area contributed by atoms with Crippen LogP contribution in [-0.4, -0.2) is 14.9 Å². The van der Waals surface area contributed by atoms with Crippen LogP contribution in [-0.2, 0) is 6.54 Å². The van der Waals surface area contributed by atoms with Crippen LogP contribution < -0.4 is 21.4 Å². The Balaban J connectivity index is 2.27. The number of nitrogens with one attached hydrogen (secondary N) is 2. The van der Waals surface area contributed by atoms with E-state index in [1.165, 1.54) is 12.1 Å². The minimum absolute atomic E-state index is 0.189. The van der Waals surface area contributed by atoms with E-state index in [1.54, 1.807) is 29.0 Å². The number of anilines is 1. The third-order valence-electron chi connectivity index (χ3n) is 3.43. The first-order valence-electron chi connectivity index (χ1n) is 6.63. The molecule has 9 heteroatoms. The largest absolute Gasteiger partial charge is 0.316 e. The molecule has 1 aromatic carbocycles. The van der Waals surface area contributed by atoms with Gasteiger partial charge in [0, 0.05) is 23.8 Å². The van der Waals surface area contributed by atoms with Crippen molar-refractivity contribution in [2.24, 2.45) is 0 Å². The van der Waals surface area contributed by atoms with E-state index >= 15 is 0 Å². The lowest BCUT2D eigenvalue weighted by molar-refractivity contribution is -0.673. The second-order valence-electron chi connectivity index (χ2n) is 4.95. The normalized spacial score (nSPS) is 10.8. The van der Waals surface area contributed by atoms with Crippen molar-refractivity contribution in [1.29, 1.82) is 0 Å². The van der Waals surface area contributed by atoms with Gasteiger partial charge in [-0.05, 0) is 6.07 Å². The third-order valence-corrected chi connectivity index (χ3v) is 3.43. The van der Waals surface area contributed by atoms with Gasteiger partial charge in [-0.3, -0.25) is 25.4 Å². The van der Waals surface area contributed by atoms with Crippen LogP contribution in [0.4, 0.5) is 11.5 Å². The fraction of sp³-hybridized carbons (Fsp3) is 0.0714. The van der Waals surface area contributed by atoms with Gasteiger partial charge in [-0.15, -0.1) is 0 Å². The fourth-order valence-corrected chi connectivity index (χ4v) is 2.33. The Morgan fingerprint density at radius 3 is 2.61 bits per heavy atom. The Morgan fingerprint density at radius 1 is 1.17 bits per heavy atom. The predicted molar refractivity (Wildman–Crippen MR) is 82.0 cm³/mol. The van der Waals surface area contributed by atoms with Crippen molar-refractivity contribution in [3.63, 3.8) is 0 Å². The monoisotopic (exact) mass is 314 g/mol. The zero-order valence-corrected chi connectivity index (χ0v) is 11.8. The van der Waals surface area contributed by atoms with Crippen molar-refractivity contribution in [2.75, 3.05) is 5.73 Å². The number of hydrogen-bond donors (Lipinski definition) is 3. The van der Waals surface area contributed by atoms with Gasteiger partial charge in [0.25, 0.3) is 11.5 Å². The summed E-state index contributed by atoms with van der Waals surface area (Å²) < 4.78 is 1.67. The van der Waals surface area contributed by atoms with Crippen LogP contribution in [0.15, 0.2) is 46.1 Å². The number of nitrogens with two attached hydrogens (primary N) is 1. The molecule has 0 aliphatic carbocycles. The van der Waals surface area contributed by atoms with Gasteiger partial charge in [-0.2, -0.15) is 0 Å². The van der Waals surface area contributed by atoms with E-state index in [0.717, 1.165) is 0 Å². The van der Waals surface area contributed by atoms with Gasteiger partial charge in [0.1, 0.15) is 6.54 Å². The lowest BCUT2D eigenvalue weighted by atomic mass is 10.1. The lowest BCUT2D eigenvalue weighted by Crippen LogP contribution is -2.37. The number of H-pyrrole nitrogens is 2. The number of fused-ring (bicyclic) bond motifs is 1. The molecule has 116 valence electrons. The second-order valence-corrected chi connectivity index (χ2v) is 4.95. The van der Waals surface area contributed by atoms with Crippen molar-refractivity contribution >= 4 is 22.5 Å². The number of nitro benzene ring substituents is 1. The lowest BCUT2D eigenvalue weighted by Gasteiger charge is -2.07. The highest BCUT2D eigenvalue weighted by molar-refractivity contribution is 5.80. The van der Waals surface area contributed by atoms with E-state index in [4.69, 9.17) is 5.73 Å². The predicted octanol–water partition coefficient (Wildman–Crippen LogP) is 0.0426. The Bertz CT molecular complexity index is 1040. The second kappa shape index (κ2) is 5.37. The number of nitrogens with zero attached hydrogens (tertiary/aromatic N) is 2. The smallest absolute Gasteiger partial charge is 0.314 e. The first kappa shape index (κ1) is 14.4. The van der Waals surface area contributed by atoms with E-state index < -0.39 is 16.0 Å². The summed E-state index contributed by atoms with van der Waals surface area (Å²) in [6.45, 7) is 0.201. The first-order chi connectivity index (χ1) is 11.0. The molecule has 0 saturated heterocycles. The quantitative estimate of drug-likeness (QED) is 0.271. The van der Waals surface area contributed by atoms with Crippen LogP contribution in [0, 0.1) is 10.1 Å². The molecule has 4 N–H and O–H groups in total. The number of pyridine rings is 1. The number of nitro groups is 1. The van der Waals surface area contributed by atoms with Gasteiger partial charge in [0.15, 0.2) is 0 Å². The Hall–Kier alpha value is -3.49. The highest BCUT2D eigenvalue weighted by Crippen LogP contribution is 2.21. The fourth-order valence-electron chi connectivity index (χ4n) is 2.33. The SMILES string of the molecule is Nc1cccc[n+]1Cc1cc([N+](=O)[O-])cc2[nH]c(=O)c(=O)[nH]c12. The topological polar surface area (TPSA) is 139 Å². The summed E-state index contributed by atoms with van der Waals surface area (Å²) in [5.74, 6) is 0.457. The maximum Gasteiger partial charge on any atom is 0.314 e. The highest BCUT2D eigenvalue weighted by atomic mass is 16.6. The first-order valence-corrected chi connectivity index (χ1v) is 6.63. The van der Waals surface area contributed by atoms with E-state index in [0.29, 0.717) is 16.9 Å². The molecule has 9 nitrogen and oxygen atoms in total.